The van der Waals surface area contributed by atoms with E-state index < -0.39 is 0 Å². The maximum Gasteiger partial charge on any atom is 0.0183 e. The molecular weight excluding hydrogens is 614 g/mol. The third-order valence-corrected chi connectivity index (χ3v) is 13.6. The fraction of sp³-hybridized carbons (Fsp3) is 0.652. The van der Waals surface area contributed by atoms with Crippen molar-refractivity contribution in [2.75, 3.05) is 0 Å². The molecular formula is C46H68P2. The first-order chi connectivity index (χ1) is 21.6. The van der Waals surface area contributed by atoms with Gasteiger partial charge in [-0.15, -0.1) is 0 Å². The first kappa shape index (κ1) is 37.8. The Morgan fingerprint density at radius 1 is 0.375 bits per heavy atom. The molecule has 48 heavy (non-hydrogen) atoms. The summed E-state index contributed by atoms with van der Waals surface area (Å²) in [6, 6.07) is 10.3. The SMILES string of the molecule is CC(C)(C)c1cc(C(C)(C)C)c(P=c2c(C3CC3)c(C3CC3)c2=Pc2c(C(C)(C)C)cc(C(C)(C)C)cc2C(C)(C)C)c(C(C)(C)C)c1. The van der Waals surface area contributed by atoms with E-state index in [-0.39, 0.29) is 32.5 Å². The molecule has 0 atom stereocenters. The lowest BCUT2D eigenvalue weighted by Gasteiger charge is -2.33. The molecule has 0 aromatic heterocycles. The van der Waals surface area contributed by atoms with Crippen molar-refractivity contribution in [2.24, 2.45) is 0 Å². The molecule has 5 rings (SSSR count). The van der Waals surface area contributed by atoms with E-state index in [1.54, 1.807) is 53.9 Å². The molecule has 262 valence electrons. The Kier molecular flexibility index (Phi) is 9.48. The van der Waals surface area contributed by atoms with Crippen molar-refractivity contribution in [3.8, 4) is 0 Å². The molecule has 0 unspecified atom stereocenters. The molecule has 0 aliphatic heterocycles. The van der Waals surface area contributed by atoms with Crippen LogP contribution in [0, 0.1) is 9.88 Å². The summed E-state index contributed by atoms with van der Waals surface area (Å²) < 4.78 is 0. The monoisotopic (exact) mass is 682 g/mol. The van der Waals surface area contributed by atoms with Crippen molar-refractivity contribution < 1.29 is 0 Å². The molecule has 0 heterocycles. The normalized spacial score (nSPS) is 18.0. The Hall–Kier alpha value is -1.48. The van der Waals surface area contributed by atoms with Gasteiger partial charge in [-0.05, 0) is 115 Å². The maximum absolute atomic E-state index is 2.58. The topological polar surface area (TPSA) is 0 Å². The van der Waals surface area contributed by atoms with Gasteiger partial charge in [0.25, 0.3) is 0 Å². The highest BCUT2D eigenvalue weighted by atomic mass is 31.1. The standard InChI is InChI=1S/C46H68P2/c1-41(2,3)29-23-31(43(7,8)9)37(32(24-29)44(10,11)12)47-39-35(27-19-20-27)36(28-21-22-28)40(39)48-38-33(45(13,14)15)25-30(42(4,5)6)26-34(38)46(16,17)18/h23-28H,19-22H2,1-18H3. The quantitative estimate of drug-likeness (QED) is 0.240. The fourth-order valence-electron chi connectivity index (χ4n) is 7.13. The van der Waals surface area contributed by atoms with Crippen LogP contribution in [-0.2, 0) is 32.5 Å². The van der Waals surface area contributed by atoms with Gasteiger partial charge in [-0.3, -0.25) is 0 Å². The summed E-state index contributed by atoms with van der Waals surface area (Å²) in [5.74, 6) is 1.55. The van der Waals surface area contributed by atoms with Crippen LogP contribution in [0.4, 0.5) is 0 Å². The molecule has 2 aliphatic carbocycles. The lowest BCUT2D eigenvalue weighted by molar-refractivity contribution is 0.553. The Labute approximate surface area is 299 Å². The Balaban J connectivity index is 1.96. The van der Waals surface area contributed by atoms with E-state index in [1.165, 1.54) is 53.2 Å². The molecule has 0 spiro atoms. The van der Waals surface area contributed by atoms with E-state index in [0.717, 1.165) is 11.8 Å². The van der Waals surface area contributed by atoms with Crippen LogP contribution in [-0.4, -0.2) is 0 Å². The molecule has 0 N–H and O–H groups in total. The van der Waals surface area contributed by atoms with Crippen molar-refractivity contribution in [1.29, 1.82) is 0 Å². The van der Waals surface area contributed by atoms with Crippen LogP contribution in [0.2, 0.25) is 0 Å². The van der Waals surface area contributed by atoms with Gasteiger partial charge >= 0.3 is 0 Å². The zero-order chi connectivity index (χ0) is 36.2. The van der Waals surface area contributed by atoms with Gasteiger partial charge in [-0.2, -0.15) is 0 Å². The van der Waals surface area contributed by atoms with Crippen LogP contribution in [0.3, 0.4) is 0 Å². The zero-order valence-electron chi connectivity index (χ0n) is 34.2. The van der Waals surface area contributed by atoms with Crippen molar-refractivity contribution in [3.63, 3.8) is 0 Å². The predicted molar refractivity (Wildman–Crippen MR) is 217 cm³/mol. The van der Waals surface area contributed by atoms with Crippen LogP contribution in [0.5, 0.6) is 0 Å². The van der Waals surface area contributed by atoms with Gasteiger partial charge in [0.15, 0.2) is 0 Å². The van der Waals surface area contributed by atoms with Gasteiger partial charge < -0.3 is 0 Å². The molecule has 0 nitrogen and oxygen atoms in total. The molecule has 2 saturated carbocycles. The minimum atomic E-state index is 0.0656. The summed E-state index contributed by atoms with van der Waals surface area (Å²) in [4.78, 5) is 3.36. The van der Waals surface area contributed by atoms with E-state index in [1.807, 2.05) is 0 Å². The predicted octanol–water partition coefficient (Wildman–Crippen LogP) is 13.7. The lowest BCUT2D eigenvalue weighted by atomic mass is 9.75. The third-order valence-electron chi connectivity index (χ3n) is 10.6. The van der Waals surface area contributed by atoms with Crippen LogP contribution < -0.4 is 10.6 Å². The summed E-state index contributed by atoms with van der Waals surface area (Å²) in [5, 5.41) is 3.16. The highest BCUT2D eigenvalue weighted by molar-refractivity contribution is 7.42. The first-order valence-corrected chi connectivity index (χ1v) is 20.7. The van der Waals surface area contributed by atoms with Crippen molar-refractivity contribution >= 4 is 27.0 Å². The van der Waals surface area contributed by atoms with Crippen molar-refractivity contribution in [2.45, 2.75) is 195 Å². The lowest BCUT2D eigenvalue weighted by Crippen LogP contribution is -2.30. The van der Waals surface area contributed by atoms with Crippen LogP contribution >= 0.6 is 16.4 Å². The van der Waals surface area contributed by atoms with E-state index in [9.17, 15) is 0 Å². The van der Waals surface area contributed by atoms with Crippen molar-refractivity contribution in [3.05, 3.63) is 78.7 Å². The minimum absolute atomic E-state index is 0.0656. The van der Waals surface area contributed by atoms with Crippen LogP contribution in [0.25, 0.3) is 0 Å². The molecule has 0 bridgehead atoms. The largest absolute Gasteiger partial charge is 0.0585 e. The van der Waals surface area contributed by atoms with E-state index >= 15 is 0 Å². The highest BCUT2D eigenvalue weighted by Crippen LogP contribution is 2.55. The van der Waals surface area contributed by atoms with Gasteiger partial charge in [0, 0.05) is 20.5 Å². The van der Waals surface area contributed by atoms with Crippen molar-refractivity contribution in [1.82, 2.24) is 0 Å². The number of benzene rings is 2. The van der Waals surface area contributed by atoms with Gasteiger partial charge in [0.1, 0.15) is 0 Å². The summed E-state index contributed by atoms with van der Waals surface area (Å²) in [5.41, 5.74) is 13.2. The van der Waals surface area contributed by atoms with Crippen LogP contribution in [0.15, 0.2) is 24.3 Å². The molecule has 3 aromatic rings. The summed E-state index contributed by atoms with van der Waals surface area (Å²) >= 11 is 0. The average Bonchev–Trinajstić information content (AvgIpc) is 3.80. The number of hydrogen-bond acceptors (Lipinski definition) is 0. The Bertz CT molecular complexity index is 1590. The second-order valence-corrected chi connectivity index (χ2v) is 23.9. The second-order valence-electron chi connectivity index (χ2n) is 21.6. The number of hydrogen-bond donors (Lipinski definition) is 0. The first-order valence-electron chi connectivity index (χ1n) is 18.9. The minimum Gasteiger partial charge on any atom is -0.0585 e. The summed E-state index contributed by atoms with van der Waals surface area (Å²) in [6.07, 6.45) is 5.49. The Morgan fingerprint density at radius 3 is 0.771 bits per heavy atom. The van der Waals surface area contributed by atoms with Gasteiger partial charge in [-0.1, -0.05) is 165 Å². The molecule has 0 saturated heterocycles. The van der Waals surface area contributed by atoms with Gasteiger partial charge in [-0.25, -0.2) is 0 Å². The molecule has 0 radical (unpaired) electrons. The molecule has 2 fully saturated rings. The molecule has 3 aromatic carbocycles. The maximum atomic E-state index is 2.58. The van der Waals surface area contributed by atoms with Gasteiger partial charge in [0.2, 0.25) is 0 Å². The van der Waals surface area contributed by atoms with E-state index in [0.29, 0.717) is 0 Å². The molecule has 2 heteroatoms. The second kappa shape index (κ2) is 12.1. The average molecular weight is 683 g/mol. The smallest absolute Gasteiger partial charge is 0.0183 e. The zero-order valence-corrected chi connectivity index (χ0v) is 36.0. The summed E-state index contributed by atoms with van der Waals surface area (Å²) in [6.45, 7) is 43.5. The Morgan fingerprint density at radius 2 is 0.604 bits per heavy atom. The van der Waals surface area contributed by atoms with Gasteiger partial charge in [0.05, 0.1) is 0 Å². The number of rotatable bonds is 4. The van der Waals surface area contributed by atoms with E-state index in [4.69, 9.17) is 0 Å². The molecule has 0 amide bonds. The summed E-state index contributed by atoms with van der Waals surface area (Å²) in [7, 11) is 2.87. The third kappa shape index (κ3) is 7.72. The fourth-order valence-corrected chi connectivity index (χ4v) is 11.3. The van der Waals surface area contributed by atoms with Crippen LogP contribution in [0.1, 0.15) is 207 Å². The molecule has 2 aliphatic rings. The van der Waals surface area contributed by atoms with E-state index in [2.05, 4.69) is 149 Å². The highest BCUT2D eigenvalue weighted by Gasteiger charge is 2.39.